The molecule has 0 aliphatic carbocycles. The molecule has 0 aliphatic rings. The van der Waals surface area contributed by atoms with Gasteiger partial charge in [-0.1, -0.05) is 0 Å². The van der Waals surface area contributed by atoms with Gasteiger partial charge in [-0.25, -0.2) is 4.98 Å². The molecule has 1 aromatic carbocycles. The maximum Gasteiger partial charge on any atom is 0.220 e. The second-order valence-electron chi connectivity index (χ2n) is 3.99. The third-order valence-electron chi connectivity index (χ3n) is 2.60. The van der Waals surface area contributed by atoms with Crippen LogP contribution in [0, 0.1) is 11.3 Å². The lowest BCUT2D eigenvalue weighted by molar-refractivity contribution is 0.475. The van der Waals surface area contributed by atoms with E-state index in [1.807, 2.05) is 6.07 Å². The number of pyridine rings is 1. The monoisotopic (exact) mass is 296 g/mol. The molecule has 0 aliphatic heterocycles. The zero-order valence-corrected chi connectivity index (χ0v) is 11.4. The van der Waals surface area contributed by atoms with Gasteiger partial charge in [-0.3, -0.25) is 0 Å². The van der Waals surface area contributed by atoms with Crippen molar-refractivity contribution in [1.82, 2.24) is 25.2 Å². The highest BCUT2D eigenvalue weighted by Crippen LogP contribution is 2.25. The molecule has 2 heterocycles. The van der Waals surface area contributed by atoms with Crippen LogP contribution in [0.5, 0.6) is 5.75 Å². The normalized spacial score (nSPS) is 10.2. The maximum absolute atomic E-state index is 9.31. The number of nitriles is 1. The van der Waals surface area contributed by atoms with Gasteiger partial charge in [0.25, 0.3) is 0 Å². The molecule has 21 heavy (non-hydrogen) atoms. The van der Waals surface area contributed by atoms with Crippen molar-refractivity contribution < 1.29 is 5.11 Å². The van der Waals surface area contributed by atoms with Crippen molar-refractivity contribution in [2.75, 3.05) is 0 Å². The summed E-state index contributed by atoms with van der Waals surface area (Å²) in [5.74, 6) is 0.176. The number of hydrogen-bond acceptors (Lipinski definition) is 7. The van der Waals surface area contributed by atoms with E-state index in [-0.39, 0.29) is 5.75 Å². The van der Waals surface area contributed by atoms with E-state index in [9.17, 15) is 5.11 Å². The van der Waals surface area contributed by atoms with Gasteiger partial charge in [0.15, 0.2) is 0 Å². The molecule has 0 atom stereocenters. The summed E-state index contributed by atoms with van der Waals surface area (Å²) in [5.41, 5.74) is 1.23. The fourth-order valence-electron chi connectivity index (χ4n) is 1.60. The third-order valence-corrected chi connectivity index (χ3v) is 3.48. The van der Waals surface area contributed by atoms with Crippen LogP contribution >= 0.6 is 11.8 Å². The van der Waals surface area contributed by atoms with Gasteiger partial charge in [0, 0.05) is 6.20 Å². The highest BCUT2D eigenvalue weighted by Gasteiger charge is 2.11. The summed E-state index contributed by atoms with van der Waals surface area (Å²) in [5, 5.41) is 30.8. The number of rotatable bonds is 3. The number of hydrogen-bond donors (Lipinski definition) is 1. The van der Waals surface area contributed by atoms with Gasteiger partial charge in [0.1, 0.15) is 16.8 Å². The largest absolute Gasteiger partial charge is 0.508 e. The Bertz CT molecular complexity index is 791. The minimum absolute atomic E-state index is 0.176. The van der Waals surface area contributed by atoms with Crippen LogP contribution in [0.4, 0.5) is 0 Å². The van der Waals surface area contributed by atoms with Crippen molar-refractivity contribution in [3.05, 3.63) is 48.2 Å². The lowest BCUT2D eigenvalue weighted by Crippen LogP contribution is -1.98. The van der Waals surface area contributed by atoms with E-state index in [4.69, 9.17) is 5.26 Å². The van der Waals surface area contributed by atoms with E-state index >= 15 is 0 Å². The van der Waals surface area contributed by atoms with Crippen LogP contribution in [0.3, 0.4) is 0 Å². The van der Waals surface area contributed by atoms with Crippen molar-refractivity contribution in [2.24, 2.45) is 0 Å². The van der Waals surface area contributed by atoms with Crippen molar-refractivity contribution in [1.29, 1.82) is 5.26 Å². The molecule has 2 aromatic heterocycles. The fourth-order valence-corrected chi connectivity index (χ4v) is 2.33. The topological polar surface area (TPSA) is 101 Å². The van der Waals surface area contributed by atoms with Gasteiger partial charge < -0.3 is 5.11 Å². The summed E-state index contributed by atoms with van der Waals surface area (Å²) in [6, 6.07) is 12.0. The molecule has 3 rings (SSSR count). The van der Waals surface area contributed by atoms with E-state index in [2.05, 4.69) is 20.5 Å². The van der Waals surface area contributed by atoms with Crippen LogP contribution in [0.25, 0.3) is 5.69 Å². The highest BCUT2D eigenvalue weighted by atomic mass is 32.2. The first-order valence-electron chi connectivity index (χ1n) is 5.88. The Labute approximate surface area is 123 Å². The van der Waals surface area contributed by atoms with Gasteiger partial charge in [0.2, 0.25) is 5.16 Å². The Morgan fingerprint density at radius 1 is 1.14 bits per heavy atom. The molecular formula is C13H8N6OS. The van der Waals surface area contributed by atoms with E-state index < -0.39 is 0 Å². The molecule has 7 nitrogen and oxygen atoms in total. The molecule has 0 bridgehead atoms. The number of aromatic nitrogens is 5. The zero-order chi connectivity index (χ0) is 14.7. The van der Waals surface area contributed by atoms with E-state index in [0.717, 1.165) is 5.69 Å². The van der Waals surface area contributed by atoms with Gasteiger partial charge in [0.05, 0.1) is 11.3 Å². The molecule has 0 saturated carbocycles. The van der Waals surface area contributed by atoms with Gasteiger partial charge in [-0.15, -0.1) is 5.10 Å². The number of phenolic OH excluding ortho intramolecular Hbond substituents is 1. The average Bonchev–Trinajstić information content (AvgIpc) is 2.97. The predicted molar refractivity (Wildman–Crippen MR) is 73.9 cm³/mol. The van der Waals surface area contributed by atoms with Crippen molar-refractivity contribution in [3.8, 4) is 17.5 Å². The molecular weight excluding hydrogens is 288 g/mol. The van der Waals surface area contributed by atoms with Crippen LogP contribution in [0.2, 0.25) is 0 Å². The van der Waals surface area contributed by atoms with E-state index in [1.165, 1.54) is 18.0 Å². The molecule has 0 spiro atoms. The van der Waals surface area contributed by atoms with Crippen LogP contribution in [0.1, 0.15) is 5.56 Å². The highest BCUT2D eigenvalue weighted by molar-refractivity contribution is 7.99. The third kappa shape index (κ3) is 2.82. The van der Waals surface area contributed by atoms with Gasteiger partial charge in [-0.2, -0.15) is 9.94 Å². The van der Waals surface area contributed by atoms with Crippen LogP contribution in [-0.4, -0.2) is 30.3 Å². The quantitative estimate of drug-likeness (QED) is 0.786. The Hall–Kier alpha value is -2.92. The van der Waals surface area contributed by atoms with Crippen molar-refractivity contribution in [3.63, 3.8) is 0 Å². The first-order chi connectivity index (χ1) is 10.3. The van der Waals surface area contributed by atoms with E-state index in [1.54, 1.807) is 41.1 Å². The van der Waals surface area contributed by atoms with Crippen molar-refractivity contribution in [2.45, 2.75) is 10.2 Å². The average molecular weight is 296 g/mol. The summed E-state index contributed by atoms with van der Waals surface area (Å²) < 4.78 is 1.55. The van der Waals surface area contributed by atoms with Crippen LogP contribution < -0.4 is 0 Å². The molecule has 8 heteroatoms. The minimum atomic E-state index is 0.176. The number of phenols is 1. The first kappa shape index (κ1) is 13.1. The standard InChI is InChI=1S/C13H8N6OS/c14-7-9-1-6-12(15-8-9)21-13-16-17-18-19(13)10-2-4-11(20)5-3-10/h1-6,8,20H. The predicted octanol–water partition coefficient (Wildman–Crippen LogP) is 1.79. The molecule has 1 N–H and O–H groups in total. The Balaban J connectivity index is 1.88. The van der Waals surface area contributed by atoms with Crippen LogP contribution in [-0.2, 0) is 0 Å². The molecule has 0 saturated heterocycles. The second-order valence-corrected chi connectivity index (χ2v) is 4.98. The molecule has 102 valence electrons. The van der Waals surface area contributed by atoms with Gasteiger partial charge in [-0.05, 0) is 58.6 Å². The summed E-state index contributed by atoms with van der Waals surface area (Å²) in [4.78, 5) is 4.16. The Kier molecular flexibility index (Phi) is 3.49. The maximum atomic E-state index is 9.31. The van der Waals surface area contributed by atoms with E-state index in [0.29, 0.717) is 15.7 Å². The zero-order valence-electron chi connectivity index (χ0n) is 10.6. The summed E-state index contributed by atoms with van der Waals surface area (Å²) >= 11 is 1.28. The molecule has 0 amide bonds. The number of benzene rings is 1. The number of tetrazole rings is 1. The van der Waals surface area contributed by atoms with Gasteiger partial charge >= 0.3 is 0 Å². The molecule has 0 radical (unpaired) electrons. The Morgan fingerprint density at radius 2 is 1.95 bits per heavy atom. The summed E-state index contributed by atoms with van der Waals surface area (Å²) in [6.45, 7) is 0. The smallest absolute Gasteiger partial charge is 0.220 e. The van der Waals surface area contributed by atoms with Crippen molar-refractivity contribution >= 4 is 11.8 Å². The second kappa shape index (κ2) is 5.60. The molecule has 3 aromatic rings. The summed E-state index contributed by atoms with van der Waals surface area (Å²) in [7, 11) is 0. The lowest BCUT2D eigenvalue weighted by Gasteiger charge is -2.03. The number of nitrogens with zero attached hydrogens (tertiary/aromatic N) is 6. The van der Waals surface area contributed by atoms with Crippen LogP contribution in [0.15, 0.2) is 52.8 Å². The molecule has 0 fully saturated rings. The Morgan fingerprint density at radius 3 is 2.62 bits per heavy atom. The first-order valence-corrected chi connectivity index (χ1v) is 6.70. The minimum Gasteiger partial charge on any atom is -0.508 e. The number of aromatic hydroxyl groups is 1. The molecule has 0 unspecified atom stereocenters. The summed E-state index contributed by atoms with van der Waals surface area (Å²) in [6.07, 6.45) is 1.50. The lowest BCUT2D eigenvalue weighted by atomic mass is 10.3. The fraction of sp³-hybridized carbons (Fsp3) is 0. The SMILES string of the molecule is N#Cc1ccc(Sc2nnnn2-c2ccc(O)cc2)nc1.